The zero-order valence-electron chi connectivity index (χ0n) is 18.2. The molecule has 1 atom stereocenters. The van der Waals surface area contributed by atoms with E-state index < -0.39 is 12.1 Å². The second-order valence-corrected chi connectivity index (χ2v) is 7.43. The molecule has 9 heteroatoms. The molecule has 1 saturated heterocycles. The average Bonchev–Trinajstić information content (AvgIpc) is 3.20. The van der Waals surface area contributed by atoms with Crippen LogP contribution >= 0.6 is 0 Å². The number of rotatable bonds is 6. The minimum Gasteiger partial charge on any atom is -0.489 e. The van der Waals surface area contributed by atoms with E-state index in [4.69, 9.17) is 4.74 Å². The maximum atomic E-state index is 12.6. The van der Waals surface area contributed by atoms with Crippen molar-refractivity contribution in [3.63, 3.8) is 0 Å². The van der Waals surface area contributed by atoms with Crippen LogP contribution in [0.1, 0.15) is 18.1 Å². The number of carbonyl (C=O) groups excluding carboxylic acids is 2. The number of amidine groups is 1. The number of hydrogen-bond acceptors (Lipinski definition) is 6. The van der Waals surface area contributed by atoms with Crippen LogP contribution in [-0.2, 0) is 11.4 Å². The van der Waals surface area contributed by atoms with Gasteiger partial charge in [-0.3, -0.25) is 14.6 Å². The van der Waals surface area contributed by atoms with Crippen molar-refractivity contribution in [2.45, 2.75) is 19.6 Å². The number of likely N-dealkylation sites (N-methyl/N-ethyl adjacent to an activating group) is 3. The normalized spacial score (nSPS) is 18.3. The molecule has 32 heavy (non-hydrogen) atoms. The van der Waals surface area contributed by atoms with E-state index in [0.29, 0.717) is 24.9 Å². The largest absolute Gasteiger partial charge is 0.489 e. The fourth-order valence-electron chi connectivity index (χ4n) is 3.58. The Morgan fingerprint density at radius 2 is 1.81 bits per heavy atom. The molecule has 9 nitrogen and oxygen atoms in total. The summed E-state index contributed by atoms with van der Waals surface area (Å²) in [5, 5.41) is 4.26. The van der Waals surface area contributed by atoms with Gasteiger partial charge in [0.15, 0.2) is 0 Å². The van der Waals surface area contributed by atoms with Crippen molar-refractivity contribution >= 4 is 29.9 Å². The number of amides is 3. The Labute approximate surface area is 186 Å². The number of aliphatic imine (C=N–C) groups is 1. The van der Waals surface area contributed by atoms with Crippen molar-refractivity contribution < 1.29 is 18.9 Å². The van der Waals surface area contributed by atoms with Gasteiger partial charge in [-0.2, -0.15) is 5.43 Å². The summed E-state index contributed by atoms with van der Waals surface area (Å²) in [4.78, 5) is 31.8. The lowest BCUT2D eigenvalue weighted by Gasteiger charge is -2.31. The summed E-state index contributed by atoms with van der Waals surface area (Å²) in [6.07, 6.45) is 1.66. The number of nitrogens with zero attached hydrogens (tertiary/aromatic N) is 5. The number of urea groups is 1. The Morgan fingerprint density at radius 1 is 1.09 bits per heavy atom. The molecular weight excluding hydrogens is 408 g/mol. The minimum atomic E-state index is -0.633. The highest BCUT2D eigenvalue weighted by Gasteiger charge is 2.51. The van der Waals surface area contributed by atoms with E-state index in [1.54, 1.807) is 17.8 Å². The van der Waals surface area contributed by atoms with Crippen LogP contribution < -0.4 is 10.2 Å². The van der Waals surface area contributed by atoms with Gasteiger partial charge in [0, 0.05) is 14.1 Å². The third-order valence-corrected chi connectivity index (χ3v) is 5.38. The van der Waals surface area contributed by atoms with Crippen molar-refractivity contribution in [3.05, 3.63) is 65.7 Å². The Kier molecular flexibility index (Phi) is 5.98. The number of nitrogens with one attached hydrogen (secondary N) is 1. The molecule has 1 unspecified atom stereocenters. The van der Waals surface area contributed by atoms with Crippen LogP contribution in [0.5, 0.6) is 5.75 Å². The zero-order valence-corrected chi connectivity index (χ0v) is 18.2. The van der Waals surface area contributed by atoms with Crippen LogP contribution in [0.15, 0.2) is 64.7 Å². The molecular formula is C23H25N6O3+. The van der Waals surface area contributed by atoms with Crippen molar-refractivity contribution in [1.29, 1.82) is 0 Å². The molecule has 2 aliphatic rings. The molecule has 2 aromatic carbocycles. The van der Waals surface area contributed by atoms with Crippen LogP contribution in [0.2, 0.25) is 0 Å². The molecule has 3 amide bonds. The Morgan fingerprint density at radius 3 is 2.50 bits per heavy atom. The van der Waals surface area contributed by atoms with E-state index >= 15 is 0 Å². The summed E-state index contributed by atoms with van der Waals surface area (Å²) < 4.78 is 7.58. The molecule has 2 heterocycles. The number of hydrogen-bond donors (Lipinski definition) is 1. The maximum absolute atomic E-state index is 12.6. The number of carbonyl (C=O) groups is 2. The summed E-state index contributed by atoms with van der Waals surface area (Å²) in [7, 11) is 3.08. The van der Waals surface area contributed by atoms with E-state index in [0.717, 1.165) is 21.8 Å². The first-order valence-electron chi connectivity index (χ1n) is 10.3. The van der Waals surface area contributed by atoms with Crippen LogP contribution in [0.4, 0.5) is 4.79 Å². The number of hydrazone groups is 1. The van der Waals surface area contributed by atoms with E-state index in [1.165, 1.54) is 11.9 Å². The average molecular weight is 433 g/mol. The van der Waals surface area contributed by atoms with Gasteiger partial charge < -0.3 is 4.74 Å². The SMILES string of the molecule is CC[N+]1=C(N/N=C/c2ccc(OCc3ccccc3)cc2)N=C2C1C(=O)N(C)C(=O)N2C. The molecule has 0 aromatic heterocycles. The predicted octanol–water partition coefficient (Wildman–Crippen LogP) is 1.88. The maximum Gasteiger partial charge on any atom is 0.413 e. The van der Waals surface area contributed by atoms with Gasteiger partial charge >= 0.3 is 12.0 Å². The molecule has 164 valence electrons. The number of benzene rings is 2. The number of fused-ring (bicyclic) bond motifs is 1. The Balaban J connectivity index is 1.41. The minimum absolute atomic E-state index is 0.305. The lowest BCUT2D eigenvalue weighted by molar-refractivity contribution is -0.533. The van der Waals surface area contributed by atoms with Gasteiger partial charge in [0.25, 0.3) is 5.91 Å². The first-order chi connectivity index (χ1) is 15.5. The van der Waals surface area contributed by atoms with E-state index in [1.807, 2.05) is 61.5 Å². The van der Waals surface area contributed by atoms with Crippen molar-refractivity contribution in [2.24, 2.45) is 10.1 Å². The predicted molar refractivity (Wildman–Crippen MR) is 121 cm³/mol. The standard InChI is InChI=1S/C23H24N6O3/c1-4-29-19-20(27(2)23(31)28(3)21(19)30)25-22(29)26-24-14-16-10-12-18(13-11-16)32-15-17-8-6-5-7-9-17/h5-14,19H,4,15H2,1-3H3/p+1/b24-14+. The van der Waals surface area contributed by atoms with Gasteiger partial charge in [-0.25, -0.2) is 9.37 Å². The van der Waals surface area contributed by atoms with Gasteiger partial charge in [0.2, 0.25) is 11.9 Å². The molecule has 0 radical (unpaired) electrons. The highest BCUT2D eigenvalue weighted by molar-refractivity contribution is 6.22. The molecule has 2 aromatic rings. The summed E-state index contributed by atoms with van der Waals surface area (Å²) >= 11 is 0. The quantitative estimate of drug-likeness (QED) is 0.428. The third kappa shape index (κ3) is 4.09. The second-order valence-electron chi connectivity index (χ2n) is 7.43. The topological polar surface area (TPSA) is 89.6 Å². The molecule has 2 aliphatic heterocycles. The smallest absolute Gasteiger partial charge is 0.413 e. The third-order valence-electron chi connectivity index (χ3n) is 5.38. The zero-order chi connectivity index (χ0) is 22.7. The van der Waals surface area contributed by atoms with Crippen LogP contribution in [0.3, 0.4) is 0 Å². The lowest BCUT2D eigenvalue weighted by Crippen LogP contribution is -2.61. The van der Waals surface area contributed by atoms with E-state index in [2.05, 4.69) is 15.5 Å². The van der Waals surface area contributed by atoms with Gasteiger partial charge in [0.05, 0.1) is 12.8 Å². The van der Waals surface area contributed by atoms with Crippen molar-refractivity contribution in [2.75, 3.05) is 20.6 Å². The second kappa shape index (κ2) is 9.01. The summed E-state index contributed by atoms with van der Waals surface area (Å²) in [5.74, 6) is 1.29. The molecule has 0 aliphatic carbocycles. The van der Waals surface area contributed by atoms with Gasteiger partial charge in [-0.15, -0.1) is 5.10 Å². The van der Waals surface area contributed by atoms with Crippen molar-refractivity contribution in [3.8, 4) is 5.75 Å². The molecule has 1 N–H and O–H groups in total. The molecule has 1 fully saturated rings. The van der Waals surface area contributed by atoms with Crippen LogP contribution in [0, 0.1) is 0 Å². The molecule has 0 saturated carbocycles. The van der Waals surface area contributed by atoms with Crippen LogP contribution in [0.25, 0.3) is 0 Å². The van der Waals surface area contributed by atoms with Crippen LogP contribution in [-0.4, -0.2) is 71.0 Å². The lowest BCUT2D eigenvalue weighted by atomic mass is 10.1. The number of guanidine groups is 1. The highest BCUT2D eigenvalue weighted by atomic mass is 16.5. The summed E-state index contributed by atoms with van der Waals surface area (Å²) in [6.45, 7) is 2.96. The first-order valence-corrected chi connectivity index (χ1v) is 10.3. The Hall–Kier alpha value is -4.01. The number of imide groups is 1. The van der Waals surface area contributed by atoms with E-state index in [9.17, 15) is 9.59 Å². The fourth-order valence-corrected chi connectivity index (χ4v) is 3.58. The van der Waals surface area contributed by atoms with Gasteiger partial charge in [-0.05, 0) is 42.3 Å². The molecule has 0 spiro atoms. The summed E-state index contributed by atoms with van der Waals surface area (Å²) in [6, 6.07) is 16.5. The monoisotopic (exact) mass is 433 g/mol. The van der Waals surface area contributed by atoms with Gasteiger partial charge in [-0.1, -0.05) is 35.3 Å². The number of ether oxygens (including phenoxy) is 1. The summed E-state index contributed by atoms with van der Waals surface area (Å²) in [5.41, 5.74) is 4.89. The Bertz CT molecular complexity index is 1110. The fraction of sp³-hybridized carbons (Fsp3) is 0.261. The van der Waals surface area contributed by atoms with E-state index in [-0.39, 0.29) is 5.91 Å². The van der Waals surface area contributed by atoms with Crippen molar-refractivity contribution in [1.82, 2.24) is 15.2 Å². The highest BCUT2D eigenvalue weighted by Crippen LogP contribution is 2.18. The molecule has 4 rings (SSSR count). The molecule has 0 bridgehead atoms. The van der Waals surface area contributed by atoms with Gasteiger partial charge in [0.1, 0.15) is 12.4 Å². The first kappa shape index (κ1) is 21.2.